The number of halogens is 5. The zero-order valence-electron chi connectivity index (χ0n) is 29.6. The molecule has 11 nitrogen and oxygen atoms in total. The van der Waals surface area contributed by atoms with Gasteiger partial charge in [-0.05, 0) is 67.3 Å². The van der Waals surface area contributed by atoms with Gasteiger partial charge in [-0.3, -0.25) is 19.2 Å². The molecule has 3 heterocycles. The summed E-state index contributed by atoms with van der Waals surface area (Å²) in [5, 5.41) is 8.35. The number of ether oxygens (including phenoxy) is 1. The van der Waals surface area contributed by atoms with Gasteiger partial charge in [-0.2, -0.15) is 10.2 Å². The lowest BCUT2D eigenvalue weighted by atomic mass is 9.75. The molecule has 2 aromatic heterocycles. The third kappa shape index (κ3) is 7.15. The van der Waals surface area contributed by atoms with Crippen molar-refractivity contribution in [2.75, 3.05) is 6.61 Å². The molecule has 0 radical (unpaired) electrons. The van der Waals surface area contributed by atoms with Gasteiger partial charge in [0.2, 0.25) is 0 Å². The zero-order valence-corrected chi connectivity index (χ0v) is 30.3. The Morgan fingerprint density at radius 2 is 1.89 bits per heavy atom. The van der Waals surface area contributed by atoms with E-state index in [1.807, 2.05) is 25.5 Å². The van der Waals surface area contributed by atoms with Crippen LogP contribution in [-0.4, -0.2) is 59.6 Å². The van der Waals surface area contributed by atoms with Crippen molar-refractivity contribution >= 4 is 29.4 Å². The van der Waals surface area contributed by atoms with E-state index in [9.17, 15) is 22.8 Å². The second kappa shape index (κ2) is 13.3. The topological polar surface area (TPSA) is 134 Å². The lowest BCUT2D eigenvalue weighted by Crippen LogP contribution is -2.47. The number of guanidine groups is 1. The van der Waals surface area contributed by atoms with Crippen molar-refractivity contribution in [2.45, 2.75) is 89.5 Å². The lowest BCUT2D eigenvalue weighted by Gasteiger charge is -2.35. The van der Waals surface area contributed by atoms with E-state index in [-0.39, 0.29) is 47.1 Å². The van der Waals surface area contributed by atoms with Gasteiger partial charge < -0.3 is 10.5 Å². The average molecular weight is 755 g/mol. The monoisotopic (exact) mass is 754 g/mol. The van der Waals surface area contributed by atoms with Crippen LogP contribution in [0, 0.1) is 17.2 Å². The van der Waals surface area contributed by atoms with E-state index < -0.39 is 65.1 Å². The molecular weight excluding hydrogens is 716 g/mol. The van der Waals surface area contributed by atoms with E-state index >= 15 is 4.39 Å². The molecule has 2 saturated carbocycles. The Kier molecular flexibility index (Phi) is 9.14. The zero-order chi connectivity index (χ0) is 38.0. The molecule has 280 valence electrons. The molecule has 4 aromatic rings. The normalized spacial score (nSPS) is 23.4. The number of amides is 1. The summed E-state index contributed by atoms with van der Waals surface area (Å²) in [5.74, 6) is -3.31. The van der Waals surface area contributed by atoms with E-state index in [0.29, 0.717) is 17.2 Å². The van der Waals surface area contributed by atoms with Crippen LogP contribution in [0.25, 0.3) is 16.8 Å². The standard InChI is InChI=1S/C37H39ClF4N8O3/c1-35(2,3)18-37(22-6-9-25(27(39)12-22)21-15-45-48(16-21)24-7-8-24)33(52)49(34(43)47-37)29(17-53-30(51)13-23-14-36(23,4)42)20-5-10-26(38)28(11-20)50-32(31(40)41)44-19-46-50/h5-6,9-12,15-16,19,23-24,29,31H,7-8,13-14,17-18H2,1-4H3,(H2,43,47)/t23?,29-,36?,37-/m1/s1. The quantitative estimate of drug-likeness (QED) is 0.118. The Morgan fingerprint density at radius 3 is 2.53 bits per heavy atom. The van der Waals surface area contributed by atoms with Crippen LogP contribution in [0.5, 0.6) is 0 Å². The number of hydrogen-bond donors (Lipinski definition) is 1. The highest BCUT2D eigenvalue weighted by molar-refractivity contribution is 6.32. The molecule has 1 aliphatic heterocycles. The molecule has 1 amide bonds. The van der Waals surface area contributed by atoms with Crippen LogP contribution < -0.4 is 5.73 Å². The van der Waals surface area contributed by atoms with Crippen LogP contribution in [0.2, 0.25) is 5.02 Å². The van der Waals surface area contributed by atoms with Crippen molar-refractivity contribution in [3.63, 3.8) is 0 Å². The van der Waals surface area contributed by atoms with Gasteiger partial charge in [0.15, 0.2) is 17.3 Å². The number of esters is 1. The number of rotatable bonds is 12. The van der Waals surface area contributed by atoms with Gasteiger partial charge in [0.05, 0.1) is 35.4 Å². The Balaban J connectivity index is 1.27. The Morgan fingerprint density at radius 1 is 1.15 bits per heavy atom. The van der Waals surface area contributed by atoms with E-state index in [1.165, 1.54) is 36.1 Å². The maximum atomic E-state index is 16.0. The number of aliphatic imine (C=N–C) groups is 1. The van der Waals surface area contributed by atoms with Crippen LogP contribution in [0.1, 0.15) is 95.3 Å². The number of carbonyl (C=O) groups excluding carboxylic acids is 2. The number of hydrogen-bond acceptors (Lipinski definition) is 8. The summed E-state index contributed by atoms with van der Waals surface area (Å²) < 4.78 is 66.4. The van der Waals surface area contributed by atoms with Gasteiger partial charge in [0.1, 0.15) is 24.4 Å². The van der Waals surface area contributed by atoms with Crippen molar-refractivity contribution in [3.05, 3.63) is 82.9 Å². The van der Waals surface area contributed by atoms with Gasteiger partial charge in [0, 0.05) is 23.2 Å². The molecule has 2 fully saturated rings. The first-order valence-corrected chi connectivity index (χ1v) is 17.7. The van der Waals surface area contributed by atoms with Crippen molar-refractivity contribution in [2.24, 2.45) is 22.1 Å². The molecule has 2 N–H and O–H groups in total. The Labute approximate surface area is 308 Å². The lowest BCUT2D eigenvalue weighted by molar-refractivity contribution is -0.148. The summed E-state index contributed by atoms with van der Waals surface area (Å²) in [6.45, 7) is 6.68. The first kappa shape index (κ1) is 36.6. The fraction of sp³-hybridized carbons (Fsp3) is 0.459. The number of nitrogens with two attached hydrogens (primary N) is 1. The van der Waals surface area contributed by atoms with Crippen molar-refractivity contribution < 1.29 is 31.9 Å². The summed E-state index contributed by atoms with van der Waals surface area (Å²) in [5.41, 5.74) is 4.35. The van der Waals surface area contributed by atoms with Gasteiger partial charge in [-0.25, -0.2) is 32.2 Å². The third-order valence-electron chi connectivity index (χ3n) is 10.0. The minimum Gasteiger partial charge on any atom is -0.463 e. The van der Waals surface area contributed by atoms with Crippen LogP contribution in [0.3, 0.4) is 0 Å². The SMILES string of the molecule is CC(C)(C)C[C@]1(c2ccc(-c3cnn(C4CC4)c3)c(F)c2)N=C(N)N([C@H](COC(=O)CC2CC2(C)F)c2ccc(Cl)c(-n3ncnc3C(F)F)c2)C1=O. The number of carbonyl (C=O) groups is 2. The van der Waals surface area contributed by atoms with E-state index in [2.05, 4.69) is 15.2 Å². The van der Waals surface area contributed by atoms with E-state index in [1.54, 1.807) is 24.5 Å². The number of benzene rings is 2. The van der Waals surface area contributed by atoms with Crippen molar-refractivity contribution in [1.82, 2.24) is 29.4 Å². The number of aromatic nitrogens is 5. The molecule has 3 aliphatic rings. The number of alkyl halides is 3. The van der Waals surface area contributed by atoms with E-state index in [0.717, 1.165) is 23.9 Å². The second-order valence-electron chi connectivity index (χ2n) is 15.5. The molecule has 2 aliphatic carbocycles. The second-order valence-corrected chi connectivity index (χ2v) is 15.9. The molecule has 2 aromatic carbocycles. The van der Waals surface area contributed by atoms with Gasteiger partial charge in [-0.1, -0.05) is 50.6 Å². The maximum absolute atomic E-state index is 16.0. The van der Waals surface area contributed by atoms with Gasteiger partial charge in [0.25, 0.3) is 12.3 Å². The summed E-state index contributed by atoms with van der Waals surface area (Å²) in [4.78, 5) is 37.5. The first-order valence-electron chi connectivity index (χ1n) is 17.3. The molecule has 0 spiro atoms. The summed E-state index contributed by atoms with van der Waals surface area (Å²) in [7, 11) is 0. The van der Waals surface area contributed by atoms with Crippen molar-refractivity contribution in [3.8, 4) is 16.8 Å². The largest absolute Gasteiger partial charge is 0.463 e. The highest BCUT2D eigenvalue weighted by Crippen LogP contribution is 2.49. The molecule has 0 bridgehead atoms. The third-order valence-corrected chi connectivity index (χ3v) is 10.3. The number of nitrogens with zero attached hydrogens (tertiary/aromatic N) is 7. The van der Waals surface area contributed by atoms with Crippen molar-refractivity contribution in [1.29, 1.82) is 0 Å². The Hall–Kier alpha value is -4.79. The molecular formula is C37H39ClF4N8O3. The minimum atomic E-state index is -2.99. The molecule has 2 unspecified atom stereocenters. The maximum Gasteiger partial charge on any atom is 0.306 e. The van der Waals surface area contributed by atoms with E-state index in [4.69, 9.17) is 27.1 Å². The molecule has 4 atom stereocenters. The Bertz CT molecular complexity index is 2110. The predicted octanol–water partition coefficient (Wildman–Crippen LogP) is 7.41. The minimum absolute atomic E-state index is 0.0187. The summed E-state index contributed by atoms with van der Waals surface area (Å²) in [6.07, 6.45) is 3.55. The fourth-order valence-corrected chi connectivity index (χ4v) is 7.24. The molecule has 7 rings (SSSR count). The molecule has 0 saturated heterocycles. The first-order chi connectivity index (χ1) is 25.0. The molecule has 53 heavy (non-hydrogen) atoms. The summed E-state index contributed by atoms with van der Waals surface area (Å²) in [6, 6.07) is 8.03. The highest BCUT2D eigenvalue weighted by Gasteiger charge is 2.54. The molecule has 16 heteroatoms. The summed E-state index contributed by atoms with van der Waals surface area (Å²) >= 11 is 6.47. The van der Waals surface area contributed by atoms with Crippen LogP contribution in [-0.2, 0) is 19.9 Å². The predicted molar refractivity (Wildman–Crippen MR) is 187 cm³/mol. The highest BCUT2D eigenvalue weighted by atomic mass is 35.5. The van der Waals surface area contributed by atoms with Crippen LogP contribution in [0.15, 0.2) is 60.1 Å². The average Bonchev–Trinajstić information content (AvgIpc) is 3.81. The fourth-order valence-electron chi connectivity index (χ4n) is 7.04. The van der Waals surface area contributed by atoms with Gasteiger partial charge in [-0.15, -0.1) is 0 Å². The smallest absolute Gasteiger partial charge is 0.306 e. The van der Waals surface area contributed by atoms with Gasteiger partial charge >= 0.3 is 5.97 Å². The van der Waals surface area contributed by atoms with Crippen LogP contribution in [0.4, 0.5) is 17.6 Å². The van der Waals surface area contributed by atoms with Crippen LogP contribution >= 0.6 is 11.6 Å².